The van der Waals surface area contributed by atoms with Crippen molar-refractivity contribution in [1.82, 2.24) is 0 Å². The van der Waals surface area contributed by atoms with E-state index in [9.17, 15) is 0 Å². The molecule has 0 bridgehead atoms. The molecule has 1 heteroatoms. The maximum absolute atomic E-state index is 2.16. The van der Waals surface area contributed by atoms with Crippen molar-refractivity contribution in [2.75, 3.05) is 0 Å². The summed E-state index contributed by atoms with van der Waals surface area (Å²) < 4.78 is 0. The summed E-state index contributed by atoms with van der Waals surface area (Å²) >= 11 is 0. The first kappa shape index (κ1) is 14.1. The van der Waals surface area contributed by atoms with Gasteiger partial charge in [0.1, 0.15) is 0 Å². The van der Waals surface area contributed by atoms with Gasteiger partial charge >= 0.3 is 0 Å². The Bertz CT molecular complexity index is 289. The Balaban J connectivity index is 0.000000253. The Morgan fingerprint density at radius 2 is 1.00 bits per heavy atom. The first-order valence-corrected chi connectivity index (χ1v) is 4.97. The molecule has 2 rings (SSSR count). The van der Waals surface area contributed by atoms with Gasteiger partial charge in [-0.1, -0.05) is 73.7 Å². The van der Waals surface area contributed by atoms with Crippen LogP contribution in [-0.4, -0.2) is 0 Å². The molecule has 0 fully saturated rings. The molecule has 2 aromatic carbocycles. The van der Waals surface area contributed by atoms with Crippen LogP contribution in [0, 0.1) is 0 Å². The van der Waals surface area contributed by atoms with Crippen molar-refractivity contribution in [2.24, 2.45) is 0 Å². The zero-order valence-electron chi connectivity index (χ0n) is 8.97. The van der Waals surface area contributed by atoms with E-state index in [0.717, 1.165) is 6.42 Å². The molecule has 2 aromatic rings. The van der Waals surface area contributed by atoms with Gasteiger partial charge in [-0.3, -0.25) is 0 Å². The van der Waals surface area contributed by atoms with E-state index < -0.39 is 0 Å². The minimum Gasteiger partial charge on any atom is -0.0623 e. The van der Waals surface area contributed by atoms with E-state index >= 15 is 0 Å². The second-order valence-corrected chi connectivity index (χ2v) is 2.99. The third kappa shape index (κ3) is 7.10. The van der Waals surface area contributed by atoms with Crippen LogP contribution in [0.2, 0.25) is 0 Å². The van der Waals surface area contributed by atoms with Crippen molar-refractivity contribution in [3.8, 4) is 0 Å². The summed E-state index contributed by atoms with van der Waals surface area (Å²) in [6.07, 6.45) is 1.14. The zero-order chi connectivity index (χ0) is 10.1. The van der Waals surface area contributed by atoms with Gasteiger partial charge in [-0.05, 0) is 12.0 Å². The topological polar surface area (TPSA) is 0 Å². The SMILES string of the molecule is CCc1ccccc1.[Mo].c1ccccc1. The summed E-state index contributed by atoms with van der Waals surface area (Å²) in [7, 11) is 0. The van der Waals surface area contributed by atoms with Gasteiger partial charge in [0.2, 0.25) is 0 Å². The molecule has 0 saturated heterocycles. The fourth-order valence-corrected chi connectivity index (χ4v) is 1.10. The Morgan fingerprint density at radius 1 is 0.667 bits per heavy atom. The Kier molecular flexibility index (Phi) is 9.11. The molecule has 0 aliphatic carbocycles. The van der Waals surface area contributed by atoms with Crippen LogP contribution in [0.25, 0.3) is 0 Å². The summed E-state index contributed by atoms with van der Waals surface area (Å²) in [5.41, 5.74) is 1.41. The molecule has 0 radical (unpaired) electrons. The molecule has 15 heavy (non-hydrogen) atoms. The molecule has 0 atom stereocenters. The average molecular weight is 280 g/mol. The summed E-state index contributed by atoms with van der Waals surface area (Å²) in [6.45, 7) is 2.16. The van der Waals surface area contributed by atoms with Crippen molar-refractivity contribution in [1.29, 1.82) is 0 Å². The average Bonchev–Trinajstić information content (AvgIpc) is 2.33. The molecular weight excluding hydrogens is 264 g/mol. The van der Waals surface area contributed by atoms with Crippen LogP contribution in [0.4, 0.5) is 0 Å². The largest absolute Gasteiger partial charge is 0.0623 e. The van der Waals surface area contributed by atoms with Crippen molar-refractivity contribution < 1.29 is 21.1 Å². The van der Waals surface area contributed by atoms with Crippen LogP contribution >= 0.6 is 0 Å². The molecule has 0 aliphatic heterocycles. The van der Waals surface area contributed by atoms with Crippen molar-refractivity contribution in [3.63, 3.8) is 0 Å². The summed E-state index contributed by atoms with van der Waals surface area (Å²) in [6, 6.07) is 22.5. The smallest absolute Gasteiger partial charge is 0 e. The van der Waals surface area contributed by atoms with Gasteiger partial charge in [-0.15, -0.1) is 0 Å². The van der Waals surface area contributed by atoms with E-state index in [-0.39, 0.29) is 21.1 Å². The maximum atomic E-state index is 2.16. The van der Waals surface area contributed by atoms with E-state index in [1.807, 2.05) is 42.5 Å². The minimum atomic E-state index is 0. The van der Waals surface area contributed by atoms with Crippen LogP contribution in [0.15, 0.2) is 66.7 Å². The molecular formula is C14H16Mo. The number of rotatable bonds is 1. The molecule has 0 N–H and O–H groups in total. The molecule has 0 spiro atoms. The number of hydrogen-bond acceptors (Lipinski definition) is 0. The van der Waals surface area contributed by atoms with Crippen molar-refractivity contribution in [2.45, 2.75) is 13.3 Å². The first-order valence-electron chi connectivity index (χ1n) is 4.97. The van der Waals surface area contributed by atoms with Gasteiger partial charge in [0.15, 0.2) is 0 Å². The Hall–Kier alpha value is -0.872. The molecule has 0 aromatic heterocycles. The molecule has 78 valence electrons. The van der Waals surface area contributed by atoms with Crippen LogP contribution in [-0.2, 0) is 27.5 Å². The minimum absolute atomic E-state index is 0. The molecule has 0 amide bonds. The van der Waals surface area contributed by atoms with Gasteiger partial charge in [0.05, 0.1) is 0 Å². The zero-order valence-corrected chi connectivity index (χ0v) is 11.0. The monoisotopic (exact) mass is 282 g/mol. The van der Waals surface area contributed by atoms with Crippen molar-refractivity contribution >= 4 is 0 Å². The van der Waals surface area contributed by atoms with Gasteiger partial charge < -0.3 is 0 Å². The van der Waals surface area contributed by atoms with Crippen LogP contribution < -0.4 is 0 Å². The predicted molar refractivity (Wildman–Crippen MR) is 62.3 cm³/mol. The third-order valence-electron chi connectivity index (χ3n) is 1.92. The molecule has 0 aliphatic rings. The molecule has 0 saturated carbocycles. The van der Waals surface area contributed by atoms with Gasteiger partial charge in [-0.25, -0.2) is 0 Å². The van der Waals surface area contributed by atoms with Crippen LogP contribution in [0.5, 0.6) is 0 Å². The second-order valence-electron chi connectivity index (χ2n) is 2.99. The number of aryl methyl sites for hydroxylation is 1. The Labute approximate surface area is 107 Å². The van der Waals surface area contributed by atoms with E-state index in [2.05, 4.69) is 31.2 Å². The summed E-state index contributed by atoms with van der Waals surface area (Å²) in [5, 5.41) is 0. The standard InChI is InChI=1S/C8H10.C6H6.Mo/c1-2-8-6-4-3-5-7-8;1-2-4-6-5-3-1;/h3-7H,2H2,1H3;1-6H;. The van der Waals surface area contributed by atoms with Crippen molar-refractivity contribution in [3.05, 3.63) is 72.3 Å². The molecule has 0 heterocycles. The molecule has 0 unspecified atom stereocenters. The van der Waals surface area contributed by atoms with Gasteiger partial charge in [0.25, 0.3) is 0 Å². The predicted octanol–water partition coefficient (Wildman–Crippen LogP) is 3.93. The second kappa shape index (κ2) is 9.67. The third-order valence-corrected chi connectivity index (χ3v) is 1.92. The van der Waals surface area contributed by atoms with Gasteiger partial charge in [-0.2, -0.15) is 0 Å². The van der Waals surface area contributed by atoms with Gasteiger partial charge in [0, 0.05) is 21.1 Å². The van der Waals surface area contributed by atoms with Crippen LogP contribution in [0.3, 0.4) is 0 Å². The normalized spacial score (nSPS) is 8.07. The van der Waals surface area contributed by atoms with E-state index in [4.69, 9.17) is 0 Å². The van der Waals surface area contributed by atoms with Crippen LogP contribution in [0.1, 0.15) is 12.5 Å². The number of benzene rings is 2. The summed E-state index contributed by atoms with van der Waals surface area (Å²) in [4.78, 5) is 0. The number of hydrogen-bond donors (Lipinski definition) is 0. The van der Waals surface area contributed by atoms with E-state index in [1.165, 1.54) is 5.56 Å². The Morgan fingerprint density at radius 3 is 1.27 bits per heavy atom. The molecule has 0 nitrogen and oxygen atoms in total. The quantitative estimate of drug-likeness (QED) is 0.694. The fourth-order valence-electron chi connectivity index (χ4n) is 1.10. The maximum Gasteiger partial charge on any atom is 0 e. The first-order chi connectivity index (χ1) is 6.93. The van der Waals surface area contributed by atoms with E-state index in [0.29, 0.717) is 0 Å². The summed E-state index contributed by atoms with van der Waals surface area (Å²) in [5.74, 6) is 0. The van der Waals surface area contributed by atoms with E-state index in [1.54, 1.807) is 0 Å². The fraction of sp³-hybridized carbons (Fsp3) is 0.143.